The number of hydrogen-bond acceptors (Lipinski definition) is 3. The summed E-state index contributed by atoms with van der Waals surface area (Å²) in [7, 11) is 0. The molecule has 1 saturated heterocycles. The zero-order valence-electron chi connectivity index (χ0n) is 12.8. The van der Waals surface area contributed by atoms with Crippen LogP contribution in [0.4, 0.5) is 5.82 Å². The minimum absolute atomic E-state index is 0.0455. The average molecular weight is 287 g/mol. The molecule has 21 heavy (non-hydrogen) atoms. The summed E-state index contributed by atoms with van der Waals surface area (Å²) in [5.41, 5.74) is 0.734. The van der Waals surface area contributed by atoms with E-state index in [-0.39, 0.29) is 5.91 Å². The molecule has 1 N–H and O–H groups in total. The largest absolute Gasteiger partial charge is 0.356 e. The highest BCUT2D eigenvalue weighted by Gasteiger charge is 2.24. The van der Waals surface area contributed by atoms with Crippen LogP contribution in [0.1, 0.15) is 55.8 Å². The molecule has 4 heteroatoms. The van der Waals surface area contributed by atoms with Crippen molar-refractivity contribution < 1.29 is 4.79 Å². The predicted molar refractivity (Wildman–Crippen MR) is 84.6 cm³/mol. The molecule has 2 heterocycles. The van der Waals surface area contributed by atoms with E-state index in [4.69, 9.17) is 0 Å². The molecule has 1 aromatic rings. The Kier molecular flexibility index (Phi) is 4.42. The van der Waals surface area contributed by atoms with E-state index in [1.54, 1.807) is 6.20 Å². The summed E-state index contributed by atoms with van der Waals surface area (Å²) in [6.07, 6.45) is 8.89. The second-order valence-electron chi connectivity index (χ2n) is 6.51. The molecule has 2 atom stereocenters. The number of nitrogens with one attached hydrogen (secondary N) is 1. The molecule has 0 aromatic carbocycles. The van der Waals surface area contributed by atoms with Crippen molar-refractivity contribution >= 4 is 11.7 Å². The number of aromatic nitrogens is 1. The third-order valence-corrected chi connectivity index (χ3v) is 4.71. The molecule has 0 radical (unpaired) electrons. The lowest BCUT2D eigenvalue weighted by atomic mass is 9.87. The lowest BCUT2D eigenvalue weighted by Gasteiger charge is -2.28. The van der Waals surface area contributed by atoms with Crippen LogP contribution in [0.5, 0.6) is 0 Å². The Morgan fingerprint density at radius 2 is 2.10 bits per heavy atom. The fourth-order valence-electron chi connectivity index (χ4n) is 3.58. The van der Waals surface area contributed by atoms with Gasteiger partial charge in [-0.25, -0.2) is 4.98 Å². The summed E-state index contributed by atoms with van der Waals surface area (Å²) in [4.78, 5) is 19.3. The van der Waals surface area contributed by atoms with Crippen LogP contribution >= 0.6 is 0 Å². The molecule has 0 unspecified atom stereocenters. The fraction of sp³-hybridized carbons (Fsp3) is 0.647. The highest BCUT2D eigenvalue weighted by Crippen LogP contribution is 2.25. The smallest absolute Gasteiger partial charge is 0.255 e. The highest BCUT2D eigenvalue weighted by atomic mass is 16.1. The molecular weight excluding hydrogens is 262 g/mol. The summed E-state index contributed by atoms with van der Waals surface area (Å²) in [6, 6.07) is 4.09. The van der Waals surface area contributed by atoms with Crippen LogP contribution in [0.3, 0.4) is 0 Å². The quantitative estimate of drug-likeness (QED) is 0.929. The predicted octanol–water partition coefficient (Wildman–Crippen LogP) is 2.99. The summed E-state index contributed by atoms with van der Waals surface area (Å²) in [5, 5.41) is 3.22. The van der Waals surface area contributed by atoms with Gasteiger partial charge in [-0.3, -0.25) is 4.79 Å². The van der Waals surface area contributed by atoms with Crippen molar-refractivity contribution in [2.75, 3.05) is 18.0 Å². The van der Waals surface area contributed by atoms with Crippen molar-refractivity contribution in [1.82, 2.24) is 10.3 Å². The first-order chi connectivity index (χ1) is 10.2. The van der Waals surface area contributed by atoms with Gasteiger partial charge < -0.3 is 10.2 Å². The van der Waals surface area contributed by atoms with E-state index in [2.05, 4.69) is 22.1 Å². The Labute approximate surface area is 126 Å². The maximum Gasteiger partial charge on any atom is 0.255 e. The van der Waals surface area contributed by atoms with Crippen LogP contribution in [-0.4, -0.2) is 30.0 Å². The molecule has 0 bridgehead atoms. The number of anilines is 1. The van der Waals surface area contributed by atoms with E-state index < -0.39 is 0 Å². The summed E-state index contributed by atoms with van der Waals surface area (Å²) in [6.45, 7) is 4.30. The van der Waals surface area contributed by atoms with Gasteiger partial charge in [0.2, 0.25) is 0 Å². The second kappa shape index (κ2) is 6.46. The standard InChI is InChI=1S/C17H25N3O/c1-13-6-4-7-14(12-13)19-17(21)15-8-5-9-18-16(15)20-10-2-3-11-20/h5,8-9,13-14H,2-4,6-7,10-12H2,1H3,(H,19,21)/t13-,14-/m0/s1. The Balaban J connectivity index is 1.72. The van der Waals surface area contributed by atoms with E-state index in [9.17, 15) is 4.79 Å². The van der Waals surface area contributed by atoms with E-state index in [0.717, 1.165) is 43.2 Å². The van der Waals surface area contributed by atoms with Crippen molar-refractivity contribution in [2.45, 2.75) is 51.5 Å². The molecule has 2 aliphatic rings. The van der Waals surface area contributed by atoms with Crippen LogP contribution in [0.2, 0.25) is 0 Å². The van der Waals surface area contributed by atoms with Crippen molar-refractivity contribution in [2.24, 2.45) is 5.92 Å². The maximum absolute atomic E-state index is 12.6. The number of hydrogen-bond donors (Lipinski definition) is 1. The van der Waals surface area contributed by atoms with Gasteiger partial charge >= 0.3 is 0 Å². The minimum atomic E-state index is 0.0455. The van der Waals surface area contributed by atoms with Crippen LogP contribution in [0.15, 0.2) is 18.3 Å². The Morgan fingerprint density at radius 1 is 1.29 bits per heavy atom. The molecule has 3 rings (SSSR count). The lowest BCUT2D eigenvalue weighted by Crippen LogP contribution is -2.38. The lowest BCUT2D eigenvalue weighted by molar-refractivity contribution is 0.0921. The zero-order valence-corrected chi connectivity index (χ0v) is 12.8. The summed E-state index contributed by atoms with van der Waals surface area (Å²) >= 11 is 0. The van der Waals surface area contributed by atoms with Gasteiger partial charge in [0.15, 0.2) is 0 Å². The van der Waals surface area contributed by atoms with E-state index in [1.807, 2.05) is 12.1 Å². The van der Waals surface area contributed by atoms with Gasteiger partial charge in [0.1, 0.15) is 5.82 Å². The Hall–Kier alpha value is -1.58. The summed E-state index contributed by atoms with van der Waals surface area (Å²) < 4.78 is 0. The number of nitrogens with zero attached hydrogens (tertiary/aromatic N) is 2. The SMILES string of the molecule is C[C@H]1CCC[C@H](NC(=O)c2cccnc2N2CCCC2)C1. The van der Waals surface area contributed by atoms with Gasteiger partial charge in [0, 0.05) is 25.3 Å². The van der Waals surface area contributed by atoms with Gasteiger partial charge in [-0.1, -0.05) is 19.8 Å². The van der Waals surface area contributed by atoms with Crippen molar-refractivity contribution in [3.8, 4) is 0 Å². The first kappa shape index (κ1) is 14.4. The van der Waals surface area contributed by atoms with Crippen LogP contribution in [0, 0.1) is 5.92 Å². The summed E-state index contributed by atoms with van der Waals surface area (Å²) in [5.74, 6) is 1.62. The highest BCUT2D eigenvalue weighted by molar-refractivity contribution is 5.99. The molecule has 1 amide bonds. The van der Waals surface area contributed by atoms with Crippen LogP contribution in [-0.2, 0) is 0 Å². The topological polar surface area (TPSA) is 45.2 Å². The van der Waals surface area contributed by atoms with Crippen molar-refractivity contribution in [1.29, 1.82) is 0 Å². The number of carbonyl (C=O) groups excluding carboxylic acids is 1. The van der Waals surface area contributed by atoms with E-state index in [0.29, 0.717) is 6.04 Å². The molecule has 0 spiro atoms. The number of carbonyl (C=O) groups is 1. The molecule has 1 aromatic heterocycles. The van der Waals surface area contributed by atoms with Gasteiger partial charge in [-0.05, 0) is 43.7 Å². The zero-order chi connectivity index (χ0) is 14.7. The van der Waals surface area contributed by atoms with E-state index >= 15 is 0 Å². The number of pyridine rings is 1. The molecule has 4 nitrogen and oxygen atoms in total. The Morgan fingerprint density at radius 3 is 2.86 bits per heavy atom. The van der Waals surface area contributed by atoms with Crippen molar-refractivity contribution in [3.63, 3.8) is 0 Å². The number of rotatable bonds is 3. The average Bonchev–Trinajstić information content (AvgIpc) is 3.01. The van der Waals surface area contributed by atoms with Gasteiger partial charge in [0.25, 0.3) is 5.91 Å². The minimum Gasteiger partial charge on any atom is -0.356 e. The molecule has 2 fully saturated rings. The molecular formula is C17H25N3O. The Bertz CT molecular complexity index is 497. The normalized spacial score (nSPS) is 25.9. The fourth-order valence-corrected chi connectivity index (χ4v) is 3.58. The van der Waals surface area contributed by atoms with Crippen LogP contribution in [0.25, 0.3) is 0 Å². The molecule has 114 valence electrons. The van der Waals surface area contributed by atoms with Crippen molar-refractivity contribution in [3.05, 3.63) is 23.9 Å². The van der Waals surface area contributed by atoms with Gasteiger partial charge in [-0.15, -0.1) is 0 Å². The maximum atomic E-state index is 12.6. The number of amides is 1. The molecule has 1 aliphatic heterocycles. The monoisotopic (exact) mass is 287 g/mol. The second-order valence-corrected chi connectivity index (χ2v) is 6.51. The molecule has 1 aliphatic carbocycles. The van der Waals surface area contributed by atoms with Gasteiger partial charge in [0.05, 0.1) is 5.56 Å². The third-order valence-electron chi connectivity index (χ3n) is 4.71. The third kappa shape index (κ3) is 3.36. The first-order valence-electron chi connectivity index (χ1n) is 8.25. The molecule has 1 saturated carbocycles. The van der Waals surface area contributed by atoms with E-state index in [1.165, 1.54) is 25.7 Å². The first-order valence-corrected chi connectivity index (χ1v) is 8.25. The van der Waals surface area contributed by atoms with Crippen LogP contribution < -0.4 is 10.2 Å². The van der Waals surface area contributed by atoms with Gasteiger partial charge in [-0.2, -0.15) is 0 Å².